The van der Waals surface area contributed by atoms with Crippen molar-refractivity contribution in [1.82, 2.24) is 9.88 Å². The van der Waals surface area contributed by atoms with Crippen molar-refractivity contribution in [3.63, 3.8) is 0 Å². The molecule has 0 fully saturated rings. The lowest BCUT2D eigenvalue weighted by molar-refractivity contribution is -0.0157. The largest absolute Gasteiger partial charge is 0.497 e. The van der Waals surface area contributed by atoms with Gasteiger partial charge < -0.3 is 14.7 Å². The summed E-state index contributed by atoms with van der Waals surface area (Å²) in [5.41, 5.74) is 3.24. The molecule has 2 atom stereocenters. The summed E-state index contributed by atoms with van der Waals surface area (Å²) in [7, 11) is 5.76. The van der Waals surface area contributed by atoms with Crippen molar-refractivity contribution in [1.29, 1.82) is 0 Å². The summed E-state index contributed by atoms with van der Waals surface area (Å²) in [5.74, 6) is 0.715. The summed E-state index contributed by atoms with van der Waals surface area (Å²) in [6.07, 6.45) is 1.41. The molecule has 2 unspecified atom stereocenters. The first-order valence-corrected chi connectivity index (χ1v) is 9.41. The molecule has 1 N–H and O–H groups in total. The molecule has 2 aromatic carbocycles. The van der Waals surface area contributed by atoms with Crippen LogP contribution in [0.5, 0.6) is 5.75 Å². The maximum Gasteiger partial charge on any atom is 0.119 e. The number of benzene rings is 2. The lowest BCUT2D eigenvalue weighted by Gasteiger charge is -2.42. The summed E-state index contributed by atoms with van der Waals surface area (Å²) in [4.78, 5) is 7.05. The second kappa shape index (κ2) is 6.95. The summed E-state index contributed by atoms with van der Waals surface area (Å²) >= 11 is 0. The summed E-state index contributed by atoms with van der Waals surface area (Å²) in [6.45, 7) is 0.751. The van der Waals surface area contributed by atoms with E-state index in [0.29, 0.717) is 6.42 Å². The normalized spacial score (nSPS) is 22.0. The molecule has 4 heteroatoms. The van der Waals surface area contributed by atoms with Crippen molar-refractivity contribution in [3.05, 3.63) is 71.4 Å². The second-order valence-corrected chi connectivity index (χ2v) is 7.69. The van der Waals surface area contributed by atoms with Gasteiger partial charge in [-0.25, -0.2) is 0 Å². The number of ether oxygens (including phenoxy) is 1. The Balaban J connectivity index is 1.87. The predicted octanol–water partition coefficient (Wildman–Crippen LogP) is 3.72. The first kappa shape index (κ1) is 18.0. The van der Waals surface area contributed by atoms with Crippen molar-refractivity contribution in [2.75, 3.05) is 27.7 Å². The van der Waals surface area contributed by atoms with Crippen LogP contribution in [0.15, 0.2) is 54.6 Å². The molecule has 0 amide bonds. The molecule has 0 aliphatic heterocycles. The van der Waals surface area contributed by atoms with Crippen LogP contribution >= 0.6 is 0 Å². The Labute approximate surface area is 160 Å². The lowest BCUT2D eigenvalue weighted by atomic mass is 9.69. The number of hydrogen-bond acceptors (Lipinski definition) is 4. The third-order valence-electron chi connectivity index (χ3n) is 5.65. The number of para-hydroxylation sites is 1. The first-order chi connectivity index (χ1) is 13.0. The predicted molar refractivity (Wildman–Crippen MR) is 108 cm³/mol. The molecule has 1 aromatic heterocycles. The van der Waals surface area contributed by atoms with Crippen LogP contribution in [-0.2, 0) is 12.0 Å². The van der Waals surface area contributed by atoms with Gasteiger partial charge in [0.1, 0.15) is 5.75 Å². The smallest absolute Gasteiger partial charge is 0.119 e. The van der Waals surface area contributed by atoms with Crippen molar-refractivity contribution in [2.45, 2.75) is 24.4 Å². The monoisotopic (exact) mass is 362 g/mol. The molecule has 1 heterocycles. The topological polar surface area (TPSA) is 45.6 Å². The van der Waals surface area contributed by atoms with Gasteiger partial charge in [0.05, 0.1) is 18.2 Å². The zero-order chi connectivity index (χ0) is 19.0. The Morgan fingerprint density at radius 1 is 1.15 bits per heavy atom. The minimum absolute atomic E-state index is 0.0551. The van der Waals surface area contributed by atoms with Crippen LogP contribution in [0.25, 0.3) is 10.9 Å². The minimum Gasteiger partial charge on any atom is -0.497 e. The Hall–Kier alpha value is -2.43. The summed E-state index contributed by atoms with van der Waals surface area (Å²) in [5, 5.41) is 13.0. The van der Waals surface area contributed by atoms with Gasteiger partial charge in [-0.3, -0.25) is 4.98 Å². The quantitative estimate of drug-likeness (QED) is 0.768. The molecular formula is C23H26N2O2. The number of aryl methyl sites for hydroxylation is 1. The lowest BCUT2D eigenvalue weighted by Crippen LogP contribution is -2.42. The van der Waals surface area contributed by atoms with E-state index < -0.39 is 5.60 Å². The highest BCUT2D eigenvalue weighted by Gasteiger charge is 2.44. The van der Waals surface area contributed by atoms with E-state index in [1.807, 2.05) is 36.4 Å². The van der Waals surface area contributed by atoms with E-state index in [-0.39, 0.29) is 5.92 Å². The fourth-order valence-electron chi connectivity index (χ4n) is 4.27. The summed E-state index contributed by atoms with van der Waals surface area (Å²) < 4.78 is 5.40. The molecule has 0 bridgehead atoms. The number of nitrogens with zero attached hydrogens (tertiary/aromatic N) is 2. The average molecular weight is 362 g/mol. The van der Waals surface area contributed by atoms with Gasteiger partial charge in [0.15, 0.2) is 0 Å². The van der Waals surface area contributed by atoms with Crippen molar-refractivity contribution >= 4 is 10.9 Å². The van der Waals surface area contributed by atoms with E-state index in [1.165, 1.54) is 0 Å². The van der Waals surface area contributed by atoms with E-state index in [4.69, 9.17) is 9.72 Å². The molecule has 3 aromatic rings. The molecule has 0 radical (unpaired) electrons. The number of methoxy groups -OCH3 is 1. The standard InChI is InChI=1S/C23H26N2O2/c1-25(2)15-20-19-13-16-7-4-5-10-21(16)24-22(19)11-12-23(20,26)17-8-6-9-18(14-17)27-3/h4-10,13-14,20,26H,11-12,15H2,1-3H3. The Kier molecular flexibility index (Phi) is 4.62. The maximum atomic E-state index is 11.9. The molecule has 1 aliphatic rings. The first-order valence-electron chi connectivity index (χ1n) is 9.41. The summed E-state index contributed by atoms with van der Waals surface area (Å²) in [6, 6.07) is 18.3. The van der Waals surface area contributed by atoms with Gasteiger partial charge in [-0.2, -0.15) is 0 Å². The van der Waals surface area contributed by atoms with E-state index in [0.717, 1.165) is 46.4 Å². The molecule has 27 heavy (non-hydrogen) atoms. The Bertz CT molecular complexity index is 970. The van der Waals surface area contributed by atoms with Crippen molar-refractivity contribution < 1.29 is 9.84 Å². The molecular weight excluding hydrogens is 336 g/mol. The molecule has 4 nitrogen and oxygen atoms in total. The fourth-order valence-corrected chi connectivity index (χ4v) is 4.27. The number of aromatic nitrogens is 1. The molecule has 140 valence electrons. The van der Waals surface area contributed by atoms with E-state index >= 15 is 0 Å². The third kappa shape index (κ3) is 3.20. The number of fused-ring (bicyclic) bond motifs is 2. The minimum atomic E-state index is -0.948. The molecule has 0 spiro atoms. The number of likely N-dealkylation sites (N-methyl/N-ethyl adjacent to an activating group) is 1. The molecule has 1 aliphatic carbocycles. The van der Waals surface area contributed by atoms with Crippen LogP contribution in [0.1, 0.15) is 29.2 Å². The zero-order valence-electron chi connectivity index (χ0n) is 16.1. The number of rotatable bonds is 4. The van der Waals surface area contributed by atoms with Gasteiger partial charge in [0.25, 0.3) is 0 Å². The van der Waals surface area contributed by atoms with Gasteiger partial charge in [0, 0.05) is 23.5 Å². The van der Waals surface area contributed by atoms with Gasteiger partial charge >= 0.3 is 0 Å². The van der Waals surface area contributed by atoms with Crippen LogP contribution < -0.4 is 4.74 Å². The highest BCUT2D eigenvalue weighted by atomic mass is 16.5. The number of aliphatic hydroxyl groups is 1. The van der Waals surface area contributed by atoms with Gasteiger partial charge in [0.2, 0.25) is 0 Å². The second-order valence-electron chi connectivity index (χ2n) is 7.69. The van der Waals surface area contributed by atoms with Crippen LogP contribution in [0.4, 0.5) is 0 Å². The van der Waals surface area contributed by atoms with E-state index in [2.05, 4.69) is 37.2 Å². The number of pyridine rings is 1. The Morgan fingerprint density at radius 3 is 2.74 bits per heavy atom. The van der Waals surface area contributed by atoms with E-state index in [9.17, 15) is 5.11 Å². The van der Waals surface area contributed by atoms with Crippen molar-refractivity contribution in [2.24, 2.45) is 0 Å². The average Bonchev–Trinajstić information content (AvgIpc) is 2.69. The van der Waals surface area contributed by atoms with Crippen LogP contribution in [0, 0.1) is 0 Å². The SMILES string of the molecule is COc1cccc(C2(O)CCc3nc4ccccc4cc3C2CN(C)C)c1. The van der Waals surface area contributed by atoms with Crippen molar-refractivity contribution in [3.8, 4) is 5.75 Å². The van der Waals surface area contributed by atoms with Crippen LogP contribution in [0.2, 0.25) is 0 Å². The van der Waals surface area contributed by atoms with Gasteiger partial charge in [-0.15, -0.1) is 0 Å². The fraction of sp³-hybridized carbons (Fsp3) is 0.348. The molecule has 0 saturated heterocycles. The van der Waals surface area contributed by atoms with Gasteiger partial charge in [-0.1, -0.05) is 30.3 Å². The van der Waals surface area contributed by atoms with Gasteiger partial charge in [-0.05, 0) is 62.3 Å². The number of hydrogen-bond donors (Lipinski definition) is 1. The zero-order valence-corrected chi connectivity index (χ0v) is 16.1. The van der Waals surface area contributed by atoms with Crippen LogP contribution in [0.3, 0.4) is 0 Å². The van der Waals surface area contributed by atoms with E-state index in [1.54, 1.807) is 7.11 Å². The Morgan fingerprint density at radius 2 is 1.96 bits per heavy atom. The molecule has 0 saturated carbocycles. The molecule has 4 rings (SSSR count). The van der Waals surface area contributed by atoms with Crippen LogP contribution in [-0.4, -0.2) is 42.7 Å². The maximum absolute atomic E-state index is 11.9. The third-order valence-corrected chi connectivity index (χ3v) is 5.65. The highest BCUT2D eigenvalue weighted by Crippen LogP contribution is 2.46. The highest BCUT2D eigenvalue weighted by molar-refractivity contribution is 5.79.